The van der Waals surface area contributed by atoms with Gasteiger partial charge >= 0.3 is 6.03 Å². The number of rotatable bonds is 5. The van der Waals surface area contributed by atoms with E-state index < -0.39 is 0 Å². The summed E-state index contributed by atoms with van der Waals surface area (Å²) < 4.78 is 0. The molecule has 1 atom stereocenters. The zero-order valence-corrected chi connectivity index (χ0v) is 17.9. The normalized spacial score (nSPS) is 17.3. The van der Waals surface area contributed by atoms with Crippen molar-refractivity contribution < 1.29 is 9.59 Å². The van der Waals surface area contributed by atoms with E-state index >= 15 is 0 Å². The number of carbonyl (C=O) groups excluding carboxylic acids is 2. The molecular formula is C24H27N5O2. The van der Waals surface area contributed by atoms with E-state index in [4.69, 9.17) is 0 Å². The second-order valence-corrected chi connectivity index (χ2v) is 8.07. The SMILES string of the molecule is CN(Cc1ccccc1)C(=O)Nc1nccnc1C(=O)N(C)C1CC2=C(CCC=C2)C1. The molecule has 0 saturated carbocycles. The molecule has 0 fully saturated rings. The molecule has 1 unspecified atom stereocenters. The number of anilines is 1. The van der Waals surface area contributed by atoms with E-state index in [1.165, 1.54) is 23.5 Å². The van der Waals surface area contributed by atoms with Crippen LogP contribution in [0.2, 0.25) is 0 Å². The van der Waals surface area contributed by atoms with Crippen LogP contribution in [0.1, 0.15) is 41.7 Å². The number of benzene rings is 1. The van der Waals surface area contributed by atoms with Gasteiger partial charge in [-0.3, -0.25) is 10.1 Å². The quantitative estimate of drug-likeness (QED) is 0.797. The number of nitrogens with one attached hydrogen (secondary N) is 1. The molecule has 4 rings (SSSR count). The van der Waals surface area contributed by atoms with Crippen molar-refractivity contribution in [2.75, 3.05) is 19.4 Å². The van der Waals surface area contributed by atoms with E-state index in [2.05, 4.69) is 27.4 Å². The monoisotopic (exact) mass is 417 g/mol. The van der Waals surface area contributed by atoms with Crippen LogP contribution in [-0.2, 0) is 6.54 Å². The van der Waals surface area contributed by atoms with Crippen LogP contribution in [0.15, 0.2) is 66.0 Å². The van der Waals surface area contributed by atoms with Crippen LogP contribution in [0, 0.1) is 0 Å². The first-order valence-corrected chi connectivity index (χ1v) is 10.5. The summed E-state index contributed by atoms with van der Waals surface area (Å²) >= 11 is 0. The standard InChI is InChI=1S/C24H27N5O2/c1-28(16-17-8-4-3-5-9-17)24(31)27-22-21(25-12-13-26-22)23(30)29(2)20-14-18-10-6-7-11-19(18)15-20/h3-6,8-10,12-13,20H,7,11,14-16H2,1-2H3,(H,26,27,31). The van der Waals surface area contributed by atoms with Crippen molar-refractivity contribution in [1.29, 1.82) is 0 Å². The number of allylic oxidation sites excluding steroid dienone is 2. The molecule has 0 aliphatic heterocycles. The lowest BCUT2D eigenvalue weighted by Gasteiger charge is -2.25. The number of hydrogen-bond acceptors (Lipinski definition) is 4. The van der Waals surface area contributed by atoms with Crippen molar-refractivity contribution in [1.82, 2.24) is 19.8 Å². The molecule has 2 aromatic rings. The van der Waals surface area contributed by atoms with Gasteiger partial charge in [0.25, 0.3) is 5.91 Å². The van der Waals surface area contributed by atoms with E-state index in [-0.39, 0.29) is 29.5 Å². The average Bonchev–Trinajstić information content (AvgIpc) is 3.23. The Morgan fingerprint density at radius 3 is 2.65 bits per heavy atom. The molecular weight excluding hydrogens is 390 g/mol. The molecule has 1 heterocycles. The third-order valence-corrected chi connectivity index (χ3v) is 5.93. The summed E-state index contributed by atoms with van der Waals surface area (Å²) in [6.45, 7) is 0.447. The van der Waals surface area contributed by atoms with E-state index in [0.29, 0.717) is 6.54 Å². The van der Waals surface area contributed by atoms with Crippen LogP contribution in [-0.4, -0.2) is 51.8 Å². The first-order chi connectivity index (χ1) is 15.0. The van der Waals surface area contributed by atoms with Gasteiger partial charge in [0.15, 0.2) is 11.5 Å². The van der Waals surface area contributed by atoms with Gasteiger partial charge in [0.1, 0.15) is 0 Å². The average molecular weight is 418 g/mol. The largest absolute Gasteiger partial charge is 0.337 e. The maximum Gasteiger partial charge on any atom is 0.323 e. The first kappa shape index (κ1) is 20.8. The lowest BCUT2D eigenvalue weighted by atomic mass is 10.0. The summed E-state index contributed by atoms with van der Waals surface area (Å²) in [5, 5.41) is 2.75. The summed E-state index contributed by atoms with van der Waals surface area (Å²) in [4.78, 5) is 37.7. The molecule has 2 aliphatic carbocycles. The minimum Gasteiger partial charge on any atom is -0.337 e. The van der Waals surface area contributed by atoms with Crippen LogP contribution >= 0.6 is 0 Å². The van der Waals surface area contributed by atoms with E-state index in [1.54, 1.807) is 23.9 Å². The fourth-order valence-electron chi connectivity index (χ4n) is 4.14. The van der Waals surface area contributed by atoms with Gasteiger partial charge in [0, 0.05) is 39.1 Å². The van der Waals surface area contributed by atoms with Gasteiger partial charge in [-0.15, -0.1) is 0 Å². The molecule has 7 heteroatoms. The minimum atomic E-state index is -0.343. The highest BCUT2D eigenvalue weighted by Gasteiger charge is 2.31. The molecule has 1 aromatic heterocycles. The summed E-state index contributed by atoms with van der Waals surface area (Å²) in [6, 6.07) is 9.48. The molecule has 1 N–H and O–H groups in total. The Morgan fingerprint density at radius 2 is 1.87 bits per heavy atom. The third kappa shape index (κ3) is 4.66. The van der Waals surface area contributed by atoms with Crippen molar-refractivity contribution in [3.8, 4) is 0 Å². The summed E-state index contributed by atoms with van der Waals surface area (Å²) in [5.74, 6) is -0.0529. The second kappa shape index (κ2) is 9.12. The van der Waals surface area contributed by atoms with Crippen molar-refractivity contribution in [3.63, 3.8) is 0 Å². The van der Waals surface area contributed by atoms with Gasteiger partial charge in [0.2, 0.25) is 0 Å². The van der Waals surface area contributed by atoms with Crippen LogP contribution in [0.3, 0.4) is 0 Å². The molecule has 31 heavy (non-hydrogen) atoms. The Balaban J connectivity index is 1.43. The Kier molecular flexibility index (Phi) is 6.11. The Bertz CT molecular complexity index is 1030. The number of hydrogen-bond donors (Lipinski definition) is 1. The number of aromatic nitrogens is 2. The van der Waals surface area contributed by atoms with Crippen molar-refractivity contribution in [2.24, 2.45) is 0 Å². The predicted octanol–water partition coefficient (Wildman–Crippen LogP) is 4.02. The van der Waals surface area contributed by atoms with E-state index in [0.717, 1.165) is 31.2 Å². The smallest absolute Gasteiger partial charge is 0.323 e. The molecule has 2 aliphatic rings. The maximum atomic E-state index is 13.2. The highest BCUT2D eigenvalue weighted by atomic mass is 16.2. The number of amides is 3. The van der Waals surface area contributed by atoms with Crippen LogP contribution in [0.5, 0.6) is 0 Å². The van der Waals surface area contributed by atoms with Gasteiger partial charge in [-0.25, -0.2) is 14.8 Å². The van der Waals surface area contributed by atoms with E-state index in [1.807, 2.05) is 30.3 Å². The lowest BCUT2D eigenvalue weighted by molar-refractivity contribution is 0.0732. The summed E-state index contributed by atoms with van der Waals surface area (Å²) in [5.41, 5.74) is 3.97. The number of urea groups is 1. The molecule has 7 nitrogen and oxygen atoms in total. The minimum absolute atomic E-state index is 0.103. The first-order valence-electron chi connectivity index (χ1n) is 10.5. The van der Waals surface area contributed by atoms with Crippen molar-refractivity contribution in [3.05, 3.63) is 77.3 Å². The maximum absolute atomic E-state index is 13.2. The Hall–Kier alpha value is -3.48. The molecule has 0 radical (unpaired) electrons. The van der Waals surface area contributed by atoms with Crippen molar-refractivity contribution >= 4 is 17.8 Å². The number of carbonyl (C=O) groups is 2. The van der Waals surface area contributed by atoms with Crippen LogP contribution in [0.25, 0.3) is 0 Å². The fourth-order valence-corrected chi connectivity index (χ4v) is 4.14. The second-order valence-electron chi connectivity index (χ2n) is 8.07. The number of nitrogens with zero attached hydrogens (tertiary/aromatic N) is 4. The van der Waals surface area contributed by atoms with Crippen molar-refractivity contribution in [2.45, 2.75) is 38.3 Å². The van der Waals surface area contributed by atoms with Gasteiger partial charge in [0.05, 0.1) is 0 Å². The summed E-state index contributed by atoms with van der Waals surface area (Å²) in [7, 11) is 3.51. The zero-order valence-electron chi connectivity index (χ0n) is 17.9. The summed E-state index contributed by atoms with van der Waals surface area (Å²) in [6.07, 6.45) is 11.2. The van der Waals surface area contributed by atoms with Gasteiger partial charge in [-0.2, -0.15) is 0 Å². The van der Waals surface area contributed by atoms with Gasteiger partial charge in [-0.1, -0.05) is 48.1 Å². The molecule has 0 saturated heterocycles. The molecule has 160 valence electrons. The van der Waals surface area contributed by atoms with Gasteiger partial charge < -0.3 is 9.80 Å². The predicted molar refractivity (Wildman–Crippen MR) is 119 cm³/mol. The molecule has 3 amide bonds. The zero-order chi connectivity index (χ0) is 21.8. The molecule has 1 aromatic carbocycles. The fraction of sp³-hybridized carbons (Fsp3) is 0.333. The molecule has 0 spiro atoms. The topological polar surface area (TPSA) is 78.4 Å². The van der Waals surface area contributed by atoms with Crippen LogP contribution < -0.4 is 5.32 Å². The molecule has 0 bridgehead atoms. The third-order valence-electron chi connectivity index (χ3n) is 5.93. The highest BCUT2D eigenvalue weighted by Crippen LogP contribution is 2.36. The lowest BCUT2D eigenvalue weighted by Crippen LogP contribution is -2.37. The Morgan fingerprint density at radius 1 is 1.10 bits per heavy atom. The van der Waals surface area contributed by atoms with Crippen LogP contribution in [0.4, 0.5) is 10.6 Å². The van der Waals surface area contributed by atoms with Gasteiger partial charge in [-0.05, 0) is 36.8 Å². The Labute approximate surface area is 182 Å². The van der Waals surface area contributed by atoms with E-state index in [9.17, 15) is 9.59 Å². The highest BCUT2D eigenvalue weighted by molar-refractivity contribution is 6.00.